The fourth-order valence-corrected chi connectivity index (χ4v) is 12.1. The molecule has 43 heavy (non-hydrogen) atoms. The zero-order valence-electron chi connectivity index (χ0n) is 25.6. The Morgan fingerprint density at radius 1 is 0.349 bits per heavy atom. The van der Waals surface area contributed by atoms with Crippen LogP contribution < -0.4 is 42.5 Å². The van der Waals surface area contributed by atoms with Gasteiger partial charge in [-0.1, -0.05) is 50.1 Å². The van der Waals surface area contributed by atoms with Gasteiger partial charge in [0.05, 0.1) is 55.4 Å². The van der Waals surface area contributed by atoms with Crippen LogP contribution in [0, 0.1) is 52.3 Å². The quantitative estimate of drug-likeness (QED) is 0.156. The zero-order chi connectivity index (χ0) is 27.8. The Balaban J connectivity index is 0.00000278. The molecule has 10 nitrogen and oxygen atoms in total. The van der Waals surface area contributed by atoms with Crippen molar-refractivity contribution in [2.75, 3.05) is 0 Å². The average Bonchev–Trinajstić information content (AvgIpc) is 3.76. The van der Waals surface area contributed by atoms with Gasteiger partial charge in [-0.2, -0.15) is 4.91 Å². The number of hydrogen-bond acceptors (Lipinski definition) is 10. The second-order valence-corrected chi connectivity index (χ2v) is 15.8. The van der Waals surface area contributed by atoms with Gasteiger partial charge in [0.25, 0.3) is 0 Å². The summed E-state index contributed by atoms with van der Waals surface area (Å²) in [4.78, 5) is 12.2. The van der Waals surface area contributed by atoms with E-state index in [4.69, 9.17) is 0 Å². The molecular formula is C32H55N9ORu. The molecule has 17 unspecified atom stereocenters. The molecule has 4 aliphatic carbocycles. The number of rotatable bonds is 1. The van der Waals surface area contributed by atoms with Crippen LogP contribution in [-0.2, 0) is 19.5 Å². The summed E-state index contributed by atoms with van der Waals surface area (Å²) in [5.41, 5.74) is 0. The van der Waals surface area contributed by atoms with Crippen LogP contribution in [0.3, 0.4) is 0 Å². The normalized spacial score (nSPS) is 55.8. The second kappa shape index (κ2) is 12.5. The predicted molar refractivity (Wildman–Crippen MR) is 162 cm³/mol. The molecule has 0 radical (unpaired) electrons. The van der Waals surface area contributed by atoms with Crippen LogP contribution in [0.4, 0.5) is 0 Å². The Hall–Kier alpha value is -0.0966. The molecule has 11 heteroatoms. The standard InChI is InChI=1S/C32H55N9O.Ru/c42-41-23-15-7-14-22-24(23)32-39-30-21-13-6-5-12-20(21)28(37-30)35-26-17-9-2-1-8-16(17)25(33-26)34-27-18-10-3-4-11-19(18)29(36-27)38-31(22)40-32;/h16-40H,1-15H2;. The zero-order valence-corrected chi connectivity index (χ0v) is 27.4. The number of nitroso groups, excluding NO2 is 1. The first-order valence-electron chi connectivity index (χ1n) is 18.2. The van der Waals surface area contributed by atoms with Crippen molar-refractivity contribution in [3.8, 4) is 0 Å². The summed E-state index contributed by atoms with van der Waals surface area (Å²) >= 11 is 0. The molecule has 8 N–H and O–H groups in total. The topological polar surface area (TPSA) is 126 Å². The van der Waals surface area contributed by atoms with Gasteiger partial charge in [0.15, 0.2) is 0 Å². The van der Waals surface area contributed by atoms with E-state index in [-0.39, 0.29) is 49.9 Å². The second-order valence-electron chi connectivity index (χ2n) is 15.8. The third-order valence-corrected chi connectivity index (χ3v) is 14.0. The van der Waals surface area contributed by atoms with Crippen molar-refractivity contribution in [3.05, 3.63) is 4.91 Å². The first-order chi connectivity index (χ1) is 20.7. The SMILES string of the molecule is O=NC1CCCC2C3NC4NC(NC5NC(NC6NC(NC(N3)C12)C1CCCCC61)C1CCCCC51)C1CCCCC41.[Ru]. The first kappa shape index (κ1) is 30.3. The van der Waals surface area contributed by atoms with E-state index in [1.165, 1.54) is 83.5 Å². The fraction of sp³-hybridized carbons (Fsp3) is 1.00. The van der Waals surface area contributed by atoms with Crippen LogP contribution in [-0.4, -0.2) is 55.4 Å². The van der Waals surface area contributed by atoms with E-state index < -0.39 is 0 Å². The third kappa shape index (κ3) is 5.23. The number of fused-ring (bicyclic) bond motifs is 20. The summed E-state index contributed by atoms with van der Waals surface area (Å²) < 4.78 is 0. The predicted octanol–water partition coefficient (Wildman–Crippen LogP) is 2.35. The van der Waals surface area contributed by atoms with E-state index in [1.54, 1.807) is 0 Å². The Bertz CT molecular complexity index is 1010. The molecule has 9 aliphatic rings. The van der Waals surface area contributed by atoms with E-state index >= 15 is 0 Å². The minimum atomic E-state index is -0.100. The molecule has 9 rings (SSSR count). The molecule has 4 saturated carbocycles. The molecule has 0 amide bonds. The van der Waals surface area contributed by atoms with Gasteiger partial charge >= 0.3 is 0 Å². The molecule has 0 aromatic rings. The van der Waals surface area contributed by atoms with Gasteiger partial charge in [-0.15, -0.1) is 0 Å². The summed E-state index contributed by atoms with van der Waals surface area (Å²) in [6.45, 7) is 0. The van der Waals surface area contributed by atoms with Gasteiger partial charge in [0, 0.05) is 25.4 Å². The van der Waals surface area contributed by atoms with Crippen molar-refractivity contribution in [1.82, 2.24) is 42.5 Å². The third-order valence-electron chi connectivity index (χ3n) is 14.0. The minimum absolute atomic E-state index is 0. The van der Waals surface area contributed by atoms with Crippen molar-refractivity contribution in [2.45, 2.75) is 152 Å². The van der Waals surface area contributed by atoms with Crippen LogP contribution in [0.1, 0.15) is 96.3 Å². The maximum Gasteiger partial charge on any atom is 0.0979 e. The summed E-state index contributed by atoms with van der Waals surface area (Å²) in [5, 5.41) is 36.9. The number of nitrogens with one attached hydrogen (secondary N) is 8. The molecule has 0 aromatic heterocycles. The summed E-state index contributed by atoms with van der Waals surface area (Å²) in [5.74, 6) is 4.69. The molecule has 0 aromatic carbocycles. The largest absolute Gasteiger partial charge is 0.286 e. The van der Waals surface area contributed by atoms with E-state index in [2.05, 4.69) is 47.7 Å². The molecule has 17 atom stereocenters. The van der Waals surface area contributed by atoms with Crippen LogP contribution in [0.25, 0.3) is 0 Å². The molecule has 242 valence electrons. The van der Waals surface area contributed by atoms with Crippen molar-refractivity contribution in [1.29, 1.82) is 0 Å². The average molecular weight is 683 g/mol. The summed E-state index contributed by atoms with van der Waals surface area (Å²) in [6.07, 6.45) is 21.5. The van der Waals surface area contributed by atoms with Gasteiger partial charge in [0.1, 0.15) is 0 Å². The van der Waals surface area contributed by atoms with Gasteiger partial charge in [0.2, 0.25) is 0 Å². The van der Waals surface area contributed by atoms with Crippen molar-refractivity contribution in [2.24, 2.45) is 52.5 Å². The Labute approximate surface area is 270 Å². The van der Waals surface area contributed by atoms with Crippen LogP contribution in [0.15, 0.2) is 5.18 Å². The minimum Gasteiger partial charge on any atom is -0.286 e. The molecule has 5 aliphatic heterocycles. The van der Waals surface area contributed by atoms with Gasteiger partial charge < -0.3 is 0 Å². The van der Waals surface area contributed by atoms with Crippen LogP contribution in [0.5, 0.6) is 0 Å². The molecular weight excluding hydrogens is 627 g/mol. The van der Waals surface area contributed by atoms with E-state index in [1.807, 2.05) is 0 Å². The fourth-order valence-electron chi connectivity index (χ4n) is 12.1. The molecule has 5 heterocycles. The van der Waals surface area contributed by atoms with E-state index in [0.717, 1.165) is 12.8 Å². The Morgan fingerprint density at radius 3 is 0.953 bits per heavy atom. The smallest absolute Gasteiger partial charge is 0.0979 e. The van der Waals surface area contributed by atoms with Gasteiger partial charge in [-0.25, -0.2) is 0 Å². The van der Waals surface area contributed by atoms with Crippen molar-refractivity contribution < 1.29 is 19.5 Å². The molecule has 5 saturated heterocycles. The van der Waals surface area contributed by atoms with Crippen LogP contribution >= 0.6 is 0 Å². The van der Waals surface area contributed by atoms with Crippen molar-refractivity contribution >= 4 is 0 Å². The molecule has 8 bridgehead atoms. The van der Waals surface area contributed by atoms with E-state index in [0.29, 0.717) is 72.3 Å². The van der Waals surface area contributed by atoms with Gasteiger partial charge in [-0.05, 0) is 92.8 Å². The van der Waals surface area contributed by atoms with Gasteiger partial charge in [-0.3, -0.25) is 42.5 Å². The molecule has 9 fully saturated rings. The summed E-state index contributed by atoms with van der Waals surface area (Å²) in [7, 11) is 0. The monoisotopic (exact) mass is 683 g/mol. The maximum absolute atomic E-state index is 12.2. The number of nitrogens with zero attached hydrogens (tertiary/aromatic N) is 1. The Kier molecular flexibility index (Phi) is 8.79. The maximum atomic E-state index is 12.2. The van der Waals surface area contributed by atoms with Crippen molar-refractivity contribution in [3.63, 3.8) is 0 Å². The Morgan fingerprint density at radius 2 is 0.628 bits per heavy atom. The van der Waals surface area contributed by atoms with Crippen LogP contribution in [0.2, 0.25) is 0 Å². The number of hydrogen-bond donors (Lipinski definition) is 8. The summed E-state index contributed by atoms with van der Waals surface area (Å²) in [6, 6.07) is -0.100. The molecule has 0 spiro atoms. The first-order valence-corrected chi connectivity index (χ1v) is 18.2. The van der Waals surface area contributed by atoms with E-state index in [9.17, 15) is 4.91 Å².